The fourth-order valence-corrected chi connectivity index (χ4v) is 2.22. The van der Waals surface area contributed by atoms with E-state index in [-0.39, 0.29) is 36.4 Å². The first kappa shape index (κ1) is 21.2. The van der Waals surface area contributed by atoms with Gasteiger partial charge in [0.2, 0.25) is 5.91 Å². The van der Waals surface area contributed by atoms with Crippen LogP contribution in [-0.4, -0.2) is 25.7 Å². The molecule has 126 valence electrons. The minimum atomic E-state index is -0.662. The Balaban J connectivity index is 0.00000441. The van der Waals surface area contributed by atoms with Crippen LogP contribution in [0.4, 0.5) is 0 Å². The summed E-state index contributed by atoms with van der Waals surface area (Å²) in [4.78, 5) is 12.1. The van der Waals surface area contributed by atoms with E-state index in [0.29, 0.717) is 5.02 Å². The molecule has 2 unspecified atom stereocenters. The van der Waals surface area contributed by atoms with Crippen molar-refractivity contribution < 1.29 is 9.53 Å². The summed E-state index contributed by atoms with van der Waals surface area (Å²) < 4.78 is 4.93. The number of ether oxygens (including phenoxy) is 1. The van der Waals surface area contributed by atoms with Gasteiger partial charge in [0.15, 0.2) is 0 Å². The lowest BCUT2D eigenvalue weighted by atomic mass is 9.85. The van der Waals surface area contributed by atoms with Crippen molar-refractivity contribution in [3.8, 4) is 0 Å². The predicted octanol–water partition coefficient (Wildman–Crippen LogP) is 3.33. The van der Waals surface area contributed by atoms with Crippen molar-refractivity contribution >= 4 is 29.9 Å². The molecule has 0 spiro atoms. The highest BCUT2D eigenvalue weighted by Crippen LogP contribution is 2.30. The Labute approximate surface area is 144 Å². The molecule has 0 aromatic heterocycles. The molecule has 0 aliphatic carbocycles. The molecular formula is C16H26Cl2N2O2. The molecule has 3 N–H and O–H groups in total. The maximum Gasteiger partial charge on any atom is 0.239 e. The summed E-state index contributed by atoms with van der Waals surface area (Å²) in [6.07, 6.45) is 0.806. The van der Waals surface area contributed by atoms with Crippen molar-refractivity contribution in [2.45, 2.75) is 39.3 Å². The lowest BCUT2D eigenvalue weighted by Gasteiger charge is -2.28. The minimum Gasteiger partial charge on any atom is -0.383 e. The molecule has 0 aliphatic rings. The molecule has 0 heterocycles. The molecule has 0 radical (unpaired) electrons. The van der Waals surface area contributed by atoms with E-state index in [2.05, 4.69) is 26.1 Å². The number of rotatable bonds is 6. The van der Waals surface area contributed by atoms with Gasteiger partial charge in [0.1, 0.15) is 6.04 Å². The lowest BCUT2D eigenvalue weighted by Crippen LogP contribution is -2.45. The third-order valence-electron chi connectivity index (χ3n) is 3.09. The lowest BCUT2D eigenvalue weighted by molar-refractivity contribution is -0.124. The largest absolute Gasteiger partial charge is 0.383 e. The Morgan fingerprint density at radius 2 is 1.86 bits per heavy atom. The molecule has 1 rings (SSSR count). The standard InChI is InChI=1S/C16H25ClN2O2.ClH/c1-16(2,3)9-14(11-5-7-12(17)8-6-11)19-15(20)13(18)10-21-4;/h5-8,13-14H,9-10,18H2,1-4H3,(H,19,20);1H. The first-order chi connectivity index (χ1) is 9.73. The van der Waals surface area contributed by atoms with Crippen molar-refractivity contribution in [1.29, 1.82) is 0 Å². The SMILES string of the molecule is COCC(N)C(=O)NC(CC(C)(C)C)c1ccc(Cl)cc1.Cl. The molecule has 2 atom stereocenters. The van der Waals surface area contributed by atoms with Gasteiger partial charge >= 0.3 is 0 Å². The van der Waals surface area contributed by atoms with E-state index in [4.69, 9.17) is 22.1 Å². The number of amides is 1. The van der Waals surface area contributed by atoms with E-state index in [1.54, 1.807) is 0 Å². The van der Waals surface area contributed by atoms with Gasteiger partial charge < -0.3 is 15.8 Å². The van der Waals surface area contributed by atoms with Crippen LogP contribution in [0.1, 0.15) is 38.8 Å². The zero-order valence-electron chi connectivity index (χ0n) is 13.6. The molecule has 1 aromatic rings. The number of nitrogens with two attached hydrogens (primary N) is 1. The van der Waals surface area contributed by atoms with Crippen LogP contribution in [0.2, 0.25) is 5.02 Å². The average Bonchev–Trinajstić information content (AvgIpc) is 2.37. The van der Waals surface area contributed by atoms with Crippen molar-refractivity contribution in [2.24, 2.45) is 11.1 Å². The first-order valence-corrected chi connectivity index (χ1v) is 7.41. The number of carbonyl (C=O) groups is 1. The number of hydrogen-bond acceptors (Lipinski definition) is 3. The second-order valence-corrected chi connectivity index (χ2v) is 6.88. The van der Waals surface area contributed by atoms with Crippen LogP contribution in [0.15, 0.2) is 24.3 Å². The topological polar surface area (TPSA) is 64.3 Å². The summed E-state index contributed by atoms with van der Waals surface area (Å²) in [5, 5.41) is 3.68. The zero-order chi connectivity index (χ0) is 16.0. The molecule has 22 heavy (non-hydrogen) atoms. The highest BCUT2D eigenvalue weighted by Gasteiger charge is 2.24. The van der Waals surface area contributed by atoms with Gasteiger partial charge in [0.25, 0.3) is 0 Å². The van der Waals surface area contributed by atoms with Crippen LogP contribution < -0.4 is 11.1 Å². The van der Waals surface area contributed by atoms with Crippen LogP contribution in [0.5, 0.6) is 0 Å². The Morgan fingerprint density at radius 3 is 2.32 bits per heavy atom. The number of methoxy groups -OCH3 is 1. The number of hydrogen-bond donors (Lipinski definition) is 2. The van der Waals surface area contributed by atoms with Crippen LogP contribution in [0.25, 0.3) is 0 Å². The van der Waals surface area contributed by atoms with Gasteiger partial charge in [-0.25, -0.2) is 0 Å². The highest BCUT2D eigenvalue weighted by molar-refractivity contribution is 6.30. The Bertz CT molecular complexity index is 458. The van der Waals surface area contributed by atoms with Crippen molar-refractivity contribution in [3.63, 3.8) is 0 Å². The van der Waals surface area contributed by atoms with Crippen LogP contribution in [-0.2, 0) is 9.53 Å². The first-order valence-electron chi connectivity index (χ1n) is 7.03. The molecule has 0 saturated heterocycles. The van der Waals surface area contributed by atoms with Gasteiger partial charge in [0, 0.05) is 12.1 Å². The van der Waals surface area contributed by atoms with E-state index < -0.39 is 6.04 Å². The summed E-state index contributed by atoms with van der Waals surface area (Å²) in [5.74, 6) is -0.207. The molecule has 4 nitrogen and oxygen atoms in total. The zero-order valence-corrected chi connectivity index (χ0v) is 15.1. The molecular weight excluding hydrogens is 323 g/mol. The van der Waals surface area contributed by atoms with E-state index in [1.165, 1.54) is 7.11 Å². The summed E-state index contributed by atoms with van der Waals surface area (Å²) in [6.45, 7) is 6.61. The van der Waals surface area contributed by atoms with Crippen LogP contribution >= 0.6 is 24.0 Å². The summed E-state index contributed by atoms with van der Waals surface area (Å²) in [5.41, 5.74) is 6.88. The van der Waals surface area contributed by atoms with Gasteiger partial charge in [-0.15, -0.1) is 12.4 Å². The maximum absolute atomic E-state index is 12.1. The highest BCUT2D eigenvalue weighted by atomic mass is 35.5. The number of benzene rings is 1. The van der Waals surface area contributed by atoms with Gasteiger partial charge in [-0.3, -0.25) is 4.79 Å². The van der Waals surface area contributed by atoms with Crippen LogP contribution in [0.3, 0.4) is 0 Å². The molecule has 0 aliphatic heterocycles. The van der Waals surface area contributed by atoms with E-state index in [9.17, 15) is 4.79 Å². The van der Waals surface area contributed by atoms with E-state index >= 15 is 0 Å². The Hall–Kier alpha value is -0.810. The third-order valence-corrected chi connectivity index (χ3v) is 3.34. The average molecular weight is 349 g/mol. The quantitative estimate of drug-likeness (QED) is 0.828. The normalized spacial score (nSPS) is 13.9. The summed E-state index contributed by atoms with van der Waals surface area (Å²) in [6, 6.07) is 6.76. The number of nitrogens with one attached hydrogen (secondary N) is 1. The molecule has 0 fully saturated rings. The van der Waals surface area contributed by atoms with E-state index in [1.807, 2.05) is 24.3 Å². The Morgan fingerprint density at radius 1 is 1.32 bits per heavy atom. The molecule has 6 heteroatoms. The van der Waals surface area contributed by atoms with Gasteiger partial charge in [0.05, 0.1) is 12.6 Å². The van der Waals surface area contributed by atoms with Crippen molar-refractivity contribution in [2.75, 3.05) is 13.7 Å². The maximum atomic E-state index is 12.1. The number of halogens is 2. The van der Waals surface area contributed by atoms with E-state index in [0.717, 1.165) is 12.0 Å². The molecule has 1 aromatic carbocycles. The van der Waals surface area contributed by atoms with Crippen LogP contribution in [0, 0.1) is 5.41 Å². The second kappa shape index (κ2) is 9.36. The van der Waals surface area contributed by atoms with Gasteiger partial charge in [-0.1, -0.05) is 44.5 Å². The van der Waals surface area contributed by atoms with Crippen molar-refractivity contribution in [3.05, 3.63) is 34.9 Å². The fourth-order valence-electron chi connectivity index (χ4n) is 2.09. The molecule has 0 saturated carbocycles. The number of carbonyl (C=O) groups excluding carboxylic acids is 1. The van der Waals surface area contributed by atoms with Gasteiger partial charge in [-0.05, 0) is 29.5 Å². The van der Waals surface area contributed by atoms with Gasteiger partial charge in [-0.2, -0.15) is 0 Å². The smallest absolute Gasteiger partial charge is 0.239 e. The predicted molar refractivity (Wildman–Crippen MR) is 93.5 cm³/mol. The molecule has 0 bridgehead atoms. The third kappa shape index (κ3) is 7.45. The summed E-state index contributed by atoms with van der Waals surface area (Å²) in [7, 11) is 1.53. The summed E-state index contributed by atoms with van der Waals surface area (Å²) >= 11 is 5.92. The Kier molecular flexibility index (Phi) is 9.01. The fraction of sp³-hybridized carbons (Fsp3) is 0.562. The molecule has 1 amide bonds. The monoisotopic (exact) mass is 348 g/mol. The minimum absolute atomic E-state index is 0. The van der Waals surface area contributed by atoms with Crippen molar-refractivity contribution in [1.82, 2.24) is 5.32 Å². The second-order valence-electron chi connectivity index (χ2n) is 6.44.